The molecule has 0 radical (unpaired) electrons. The van der Waals surface area contributed by atoms with Crippen molar-refractivity contribution in [2.75, 3.05) is 13.2 Å². The Morgan fingerprint density at radius 3 is 1.09 bits per heavy atom. The fraction of sp³-hybridized carbons (Fsp3) is 0.805. The summed E-state index contributed by atoms with van der Waals surface area (Å²) >= 11 is 0. The molecule has 0 N–H and O–H groups in total. The summed E-state index contributed by atoms with van der Waals surface area (Å²) in [5.74, 6) is 0. The van der Waals surface area contributed by atoms with E-state index < -0.39 is 0 Å². The van der Waals surface area contributed by atoms with Crippen LogP contribution in [0.1, 0.15) is 187 Å². The van der Waals surface area contributed by atoms with E-state index in [1.54, 1.807) is 0 Å². The molecule has 250 valence electrons. The zero-order valence-electron chi connectivity index (χ0n) is 29.1. The monoisotopic (exact) mass is 599 g/mol. The zero-order chi connectivity index (χ0) is 30.7. The molecular weight excluding hydrogens is 524 g/mol. The van der Waals surface area contributed by atoms with Gasteiger partial charge < -0.3 is 9.47 Å². The van der Waals surface area contributed by atoms with Crippen molar-refractivity contribution >= 4 is 0 Å². The highest BCUT2D eigenvalue weighted by Crippen LogP contribution is 2.25. The number of allylic oxidation sites excluding steroid dienone is 8. The van der Waals surface area contributed by atoms with Gasteiger partial charge >= 0.3 is 0 Å². The molecule has 2 atom stereocenters. The predicted molar refractivity (Wildman–Crippen MR) is 192 cm³/mol. The third-order valence-electron chi connectivity index (χ3n) is 8.75. The molecule has 1 rings (SSSR count). The standard InChI is InChI=1S/C41H74O2/c1-3-5-7-9-11-13-15-17-19-21-23-25-27-29-31-33-38-42-40-36-35-37-41(40)43-39-34-32-30-28-26-24-22-20-18-16-14-12-10-8-6-4-2/h11-14,17-20,40-41H,3-10,15-16,21-39H2,1-2H3/b13-11-,14-12-,19-17-,20-18-/t40-,41+. The Morgan fingerprint density at radius 1 is 0.395 bits per heavy atom. The fourth-order valence-corrected chi connectivity index (χ4v) is 5.92. The zero-order valence-corrected chi connectivity index (χ0v) is 29.1. The molecule has 43 heavy (non-hydrogen) atoms. The number of hydrogen-bond acceptors (Lipinski definition) is 2. The molecule has 0 spiro atoms. The smallest absolute Gasteiger partial charge is 0.0836 e. The van der Waals surface area contributed by atoms with Crippen LogP contribution in [0.25, 0.3) is 0 Å². The molecule has 0 heterocycles. The number of rotatable bonds is 32. The van der Waals surface area contributed by atoms with Gasteiger partial charge in [-0.05, 0) is 96.3 Å². The van der Waals surface area contributed by atoms with Crippen molar-refractivity contribution in [2.24, 2.45) is 0 Å². The van der Waals surface area contributed by atoms with Crippen molar-refractivity contribution < 1.29 is 9.47 Å². The van der Waals surface area contributed by atoms with Crippen molar-refractivity contribution in [3.8, 4) is 0 Å². The second kappa shape index (κ2) is 33.8. The van der Waals surface area contributed by atoms with Gasteiger partial charge in [0.15, 0.2) is 0 Å². The highest BCUT2D eigenvalue weighted by molar-refractivity contribution is 4.93. The molecule has 0 amide bonds. The number of ether oxygens (including phenoxy) is 2. The van der Waals surface area contributed by atoms with Crippen LogP contribution in [-0.4, -0.2) is 25.4 Å². The lowest BCUT2D eigenvalue weighted by Crippen LogP contribution is -2.27. The minimum atomic E-state index is 0.350. The minimum Gasteiger partial charge on any atom is -0.376 e. The summed E-state index contributed by atoms with van der Waals surface area (Å²) in [6.45, 7) is 6.38. The quantitative estimate of drug-likeness (QED) is 0.0566. The van der Waals surface area contributed by atoms with Crippen LogP contribution in [-0.2, 0) is 9.47 Å². The first-order chi connectivity index (χ1) is 21.4. The first-order valence-corrected chi connectivity index (χ1v) is 19.2. The van der Waals surface area contributed by atoms with Gasteiger partial charge in [0.2, 0.25) is 0 Å². The lowest BCUT2D eigenvalue weighted by Gasteiger charge is -2.21. The maximum absolute atomic E-state index is 6.27. The van der Waals surface area contributed by atoms with Crippen molar-refractivity contribution in [1.29, 1.82) is 0 Å². The van der Waals surface area contributed by atoms with Crippen molar-refractivity contribution in [2.45, 2.75) is 199 Å². The number of unbranched alkanes of at least 4 members (excludes halogenated alkanes) is 18. The summed E-state index contributed by atoms with van der Waals surface area (Å²) in [4.78, 5) is 0. The first-order valence-electron chi connectivity index (χ1n) is 19.2. The van der Waals surface area contributed by atoms with Gasteiger partial charge in [-0.1, -0.05) is 140 Å². The molecule has 2 heteroatoms. The van der Waals surface area contributed by atoms with Crippen molar-refractivity contribution in [3.05, 3.63) is 48.6 Å². The van der Waals surface area contributed by atoms with E-state index in [1.165, 1.54) is 161 Å². The summed E-state index contributed by atoms with van der Waals surface area (Å²) in [6, 6.07) is 0. The average molecular weight is 599 g/mol. The lowest BCUT2D eigenvalue weighted by atomic mass is 10.1. The maximum Gasteiger partial charge on any atom is 0.0836 e. The van der Waals surface area contributed by atoms with Gasteiger partial charge in [0.1, 0.15) is 0 Å². The highest BCUT2D eigenvalue weighted by atomic mass is 16.5. The molecule has 1 aliphatic carbocycles. The second-order valence-electron chi connectivity index (χ2n) is 12.9. The molecule has 1 fully saturated rings. The van der Waals surface area contributed by atoms with E-state index >= 15 is 0 Å². The van der Waals surface area contributed by atoms with Gasteiger partial charge in [0.05, 0.1) is 12.2 Å². The van der Waals surface area contributed by atoms with E-state index in [0.717, 1.165) is 26.1 Å². The summed E-state index contributed by atoms with van der Waals surface area (Å²) < 4.78 is 12.5. The Labute approximate surface area is 270 Å². The van der Waals surface area contributed by atoms with E-state index in [2.05, 4.69) is 62.5 Å². The molecule has 0 unspecified atom stereocenters. The number of hydrogen-bond donors (Lipinski definition) is 0. The van der Waals surface area contributed by atoms with Crippen LogP contribution in [0.2, 0.25) is 0 Å². The Hall–Kier alpha value is -1.12. The van der Waals surface area contributed by atoms with Gasteiger partial charge in [-0.25, -0.2) is 0 Å². The van der Waals surface area contributed by atoms with Crippen LogP contribution in [0, 0.1) is 0 Å². The van der Waals surface area contributed by atoms with Gasteiger partial charge in [-0.15, -0.1) is 0 Å². The van der Waals surface area contributed by atoms with E-state index in [9.17, 15) is 0 Å². The van der Waals surface area contributed by atoms with E-state index in [-0.39, 0.29) is 0 Å². The predicted octanol–water partition coefficient (Wildman–Crippen LogP) is 13.6. The third kappa shape index (κ3) is 28.1. The Balaban J connectivity index is 1.85. The molecule has 0 saturated heterocycles. The average Bonchev–Trinajstić information content (AvgIpc) is 3.47. The van der Waals surface area contributed by atoms with Gasteiger partial charge in [0.25, 0.3) is 0 Å². The van der Waals surface area contributed by atoms with Crippen LogP contribution in [0.5, 0.6) is 0 Å². The van der Waals surface area contributed by atoms with Crippen LogP contribution in [0.4, 0.5) is 0 Å². The van der Waals surface area contributed by atoms with Gasteiger partial charge in [-0.2, -0.15) is 0 Å². The molecule has 0 bridgehead atoms. The third-order valence-corrected chi connectivity index (χ3v) is 8.75. The summed E-state index contributed by atoms with van der Waals surface area (Å²) in [5.41, 5.74) is 0. The van der Waals surface area contributed by atoms with E-state index in [0.29, 0.717) is 12.2 Å². The lowest BCUT2D eigenvalue weighted by molar-refractivity contribution is -0.0578. The highest BCUT2D eigenvalue weighted by Gasteiger charge is 2.28. The molecule has 0 aliphatic heterocycles. The SMILES string of the molecule is CCCCC/C=C\C/C=C\CCCCCCCCO[C@H]1CCC[C@H]1OCCCCCCCC/C=C\C/C=C\CCCCC. The van der Waals surface area contributed by atoms with Gasteiger partial charge in [0, 0.05) is 13.2 Å². The van der Waals surface area contributed by atoms with Gasteiger partial charge in [-0.3, -0.25) is 0 Å². The van der Waals surface area contributed by atoms with E-state index in [1.807, 2.05) is 0 Å². The summed E-state index contributed by atoms with van der Waals surface area (Å²) in [5, 5.41) is 0. The molecule has 0 aromatic heterocycles. The first kappa shape index (κ1) is 39.9. The molecular formula is C41H74O2. The molecule has 0 aromatic rings. The second-order valence-corrected chi connectivity index (χ2v) is 12.9. The van der Waals surface area contributed by atoms with Crippen LogP contribution in [0.3, 0.4) is 0 Å². The van der Waals surface area contributed by atoms with Crippen LogP contribution in [0.15, 0.2) is 48.6 Å². The topological polar surface area (TPSA) is 18.5 Å². The fourth-order valence-electron chi connectivity index (χ4n) is 5.92. The van der Waals surface area contributed by atoms with E-state index in [4.69, 9.17) is 9.47 Å². The minimum absolute atomic E-state index is 0.350. The molecule has 1 aliphatic rings. The molecule has 2 nitrogen and oxygen atoms in total. The van der Waals surface area contributed by atoms with Crippen LogP contribution < -0.4 is 0 Å². The normalized spacial score (nSPS) is 17.6. The maximum atomic E-state index is 6.27. The van der Waals surface area contributed by atoms with Crippen molar-refractivity contribution in [1.82, 2.24) is 0 Å². The largest absolute Gasteiger partial charge is 0.376 e. The summed E-state index contributed by atoms with van der Waals surface area (Å²) in [7, 11) is 0. The Kier molecular flexibility index (Phi) is 31.3. The summed E-state index contributed by atoms with van der Waals surface area (Å²) in [6.07, 6.45) is 54.3. The Morgan fingerprint density at radius 2 is 0.721 bits per heavy atom. The Bertz CT molecular complexity index is 605. The van der Waals surface area contributed by atoms with Crippen LogP contribution >= 0.6 is 0 Å². The molecule has 0 aromatic carbocycles. The molecule has 1 saturated carbocycles. The van der Waals surface area contributed by atoms with Crippen molar-refractivity contribution in [3.63, 3.8) is 0 Å².